The second-order valence-electron chi connectivity index (χ2n) is 4.68. The zero-order chi connectivity index (χ0) is 17.5. The van der Waals surface area contributed by atoms with Crippen molar-refractivity contribution < 1.29 is 34.6 Å². The zero-order valence-electron chi connectivity index (χ0n) is 11.8. The summed E-state index contributed by atoms with van der Waals surface area (Å²) in [4.78, 5) is -0.482. The van der Waals surface area contributed by atoms with Crippen LogP contribution in [0.2, 0.25) is 0 Å². The van der Waals surface area contributed by atoms with Crippen molar-refractivity contribution in [1.29, 1.82) is 0 Å². The molecule has 0 aromatic heterocycles. The first-order valence-electron chi connectivity index (χ1n) is 6.09. The lowest BCUT2D eigenvalue weighted by Crippen LogP contribution is -2.14. The molecule has 0 saturated heterocycles. The lowest BCUT2D eigenvalue weighted by Gasteiger charge is -2.11. The van der Waals surface area contributed by atoms with Gasteiger partial charge >= 0.3 is 10.1 Å². The van der Waals surface area contributed by atoms with E-state index in [1.54, 1.807) is 13.8 Å². The predicted octanol–water partition coefficient (Wildman–Crippen LogP) is 3.77. The number of benzene rings is 2. The highest BCUT2D eigenvalue weighted by molar-refractivity contribution is 7.87. The number of halogens is 5. The first kappa shape index (κ1) is 17.2. The van der Waals surface area contributed by atoms with Gasteiger partial charge in [-0.2, -0.15) is 17.2 Å². The van der Waals surface area contributed by atoms with Crippen molar-refractivity contribution in [2.75, 3.05) is 0 Å². The molecule has 23 heavy (non-hydrogen) atoms. The van der Waals surface area contributed by atoms with Crippen LogP contribution in [0.15, 0.2) is 23.1 Å². The van der Waals surface area contributed by atoms with E-state index in [0.29, 0.717) is 5.56 Å². The summed E-state index contributed by atoms with van der Waals surface area (Å²) in [6, 6.07) is 3.64. The van der Waals surface area contributed by atoms with Crippen LogP contribution in [0.1, 0.15) is 11.1 Å². The minimum Gasteiger partial charge on any atom is -0.372 e. The van der Waals surface area contributed by atoms with E-state index in [4.69, 9.17) is 0 Å². The van der Waals surface area contributed by atoms with Gasteiger partial charge in [-0.3, -0.25) is 0 Å². The molecule has 0 unspecified atom stereocenters. The van der Waals surface area contributed by atoms with Crippen LogP contribution in [0, 0.1) is 42.9 Å². The van der Waals surface area contributed by atoms with Gasteiger partial charge in [0.25, 0.3) is 0 Å². The van der Waals surface area contributed by atoms with E-state index in [1.165, 1.54) is 6.07 Å². The van der Waals surface area contributed by atoms with E-state index in [1.807, 2.05) is 0 Å². The molecule has 0 heterocycles. The van der Waals surface area contributed by atoms with Crippen LogP contribution in [0.4, 0.5) is 22.0 Å². The molecule has 0 aliphatic rings. The van der Waals surface area contributed by atoms with Gasteiger partial charge in [-0.25, -0.2) is 13.2 Å². The van der Waals surface area contributed by atoms with Crippen LogP contribution in [-0.2, 0) is 10.1 Å². The summed E-state index contributed by atoms with van der Waals surface area (Å²) >= 11 is 0. The molecule has 0 aliphatic heterocycles. The average Bonchev–Trinajstić information content (AvgIpc) is 2.50. The fourth-order valence-electron chi connectivity index (χ4n) is 1.69. The van der Waals surface area contributed by atoms with Gasteiger partial charge in [0.05, 0.1) is 0 Å². The summed E-state index contributed by atoms with van der Waals surface area (Å²) in [6.07, 6.45) is 0. The fraction of sp³-hybridized carbons (Fsp3) is 0.143. The van der Waals surface area contributed by atoms with E-state index < -0.39 is 49.8 Å². The summed E-state index contributed by atoms with van der Waals surface area (Å²) < 4.78 is 94.1. The third-order valence-corrected chi connectivity index (χ3v) is 4.35. The van der Waals surface area contributed by atoms with Gasteiger partial charge in [0.2, 0.25) is 34.8 Å². The number of hydrogen-bond acceptors (Lipinski definition) is 3. The summed E-state index contributed by atoms with van der Waals surface area (Å²) in [5.74, 6) is -13.6. The Hall–Kier alpha value is -2.16. The molecule has 2 rings (SSSR count). The third-order valence-electron chi connectivity index (χ3n) is 3.13. The van der Waals surface area contributed by atoms with Crippen LogP contribution in [0.5, 0.6) is 5.75 Å². The molecule has 0 atom stereocenters. The standard InChI is InChI=1S/C14H9F5O3S/c1-6-3-4-8(5-7(6)2)23(20,21)22-14-12(18)10(16)9(15)11(17)13(14)19/h3-5H,1-2H3. The maximum Gasteiger partial charge on any atom is 0.339 e. The van der Waals surface area contributed by atoms with Crippen LogP contribution in [0.25, 0.3) is 0 Å². The lowest BCUT2D eigenvalue weighted by molar-refractivity contribution is 0.346. The van der Waals surface area contributed by atoms with Crippen molar-refractivity contribution in [3.63, 3.8) is 0 Å². The van der Waals surface area contributed by atoms with Crippen LogP contribution >= 0.6 is 0 Å². The van der Waals surface area contributed by atoms with Gasteiger partial charge in [-0.05, 0) is 37.1 Å². The van der Waals surface area contributed by atoms with Crippen LogP contribution in [-0.4, -0.2) is 8.42 Å². The van der Waals surface area contributed by atoms with E-state index in [9.17, 15) is 30.4 Å². The Morgan fingerprint density at radius 3 is 1.74 bits per heavy atom. The largest absolute Gasteiger partial charge is 0.372 e. The van der Waals surface area contributed by atoms with Crippen molar-refractivity contribution in [2.45, 2.75) is 18.7 Å². The van der Waals surface area contributed by atoms with Crippen molar-refractivity contribution in [1.82, 2.24) is 0 Å². The summed E-state index contributed by atoms with van der Waals surface area (Å²) in [7, 11) is -4.78. The maximum atomic E-state index is 13.5. The normalized spacial score (nSPS) is 11.6. The van der Waals surface area contributed by atoms with Gasteiger partial charge in [0, 0.05) is 0 Å². The zero-order valence-corrected chi connectivity index (χ0v) is 12.6. The van der Waals surface area contributed by atoms with Gasteiger partial charge in [-0.15, -0.1) is 0 Å². The smallest absolute Gasteiger partial charge is 0.339 e. The van der Waals surface area contributed by atoms with E-state index in [0.717, 1.165) is 17.7 Å². The first-order valence-corrected chi connectivity index (χ1v) is 7.50. The molecule has 3 nitrogen and oxygen atoms in total. The van der Waals surface area contributed by atoms with E-state index in [-0.39, 0.29) is 0 Å². The number of hydrogen-bond donors (Lipinski definition) is 0. The van der Waals surface area contributed by atoms with Gasteiger partial charge in [0.15, 0.2) is 0 Å². The van der Waals surface area contributed by atoms with E-state index >= 15 is 0 Å². The lowest BCUT2D eigenvalue weighted by atomic mass is 10.1. The third kappa shape index (κ3) is 3.00. The average molecular weight is 352 g/mol. The Morgan fingerprint density at radius 2 is 1.26 bits per heavy atom. The van der Waals surface area contributed by atoms with Crippen LogP contribution in [0.3, 0.4) is 0 Å². The molecule has 0 bridgehead atoms. The van der Waals surface area contributed by atoms with Crippen LogP contribution < -0.4 is 4.18 Å². The second kappa shape index (κ2) is 5.80. The molecular formula is C14H9F5O3S. The Labute approximate surface area is 128 Å². The topological polar surface area (TPSA) is 43.4 Å². The van der Waals surface area contributed by atoms with Gasteiger partial charge in [-0.1, -0.05) is 6.07 Å². The molecule has 2 aromatic rings. The van der Waals surface area contributed by atoms with Crippen molar-refractivity contribution >= 4 is 10.1 Å². The minimum absolute atomic E-state index is 0.482. The highest BCUT2D eigenvalue weighted by atomic mass is 32.2. The van der Waals surface area contributed by atoms with E-state index in [2.05, 4.69) is 4.18 Å². The molecule has 124 valence electrons. The first-order chi connectivity index (χ1) is 10.6. The Kier molecular flexibility index (Phi) is 4.34. The Balaban J connectivity index is 2.56. The quantitative estimate of drug-likeness (QED) is 0.366. The molecule has 9 heteroatoms. The molecule has 0 saturated carbocycles. The summed E-state index contributed by atoms with van der Waals surface area (Å²) in [5.41, 5.74) is 1.27. The van der Waals surface area contributed by atoms with Crippen molar-refractivity contribution in [3.05, 3.63) is 58.4 Å². The van der Waals surface area contributed by atoms with Gasteiger partial charge < -0.3 is 4.18 Å². The summed E-state index contributed by atoms with van der Waals surface area (Å²) in [5, 5.41) is 0. The molecule has 0 aliphatic carbocycles. The second-order valence-corrected chi connectivity index (χ2v) is 6.23. The van der Waals surface area contributed by atoms with Gasteiger partial charge in [0.1, 0.15) is 4.90 Å². The molecular weight excluding hydrogens is 343 g/mol. The summed E-state index contributed by atoms with van der Waals surface area (Å²) in [6.45, 7) is 3.27. The SMILES string of the molecule is Cc1ccc(S(=O)(=O)Oc2c(F)c(F)c(F)c(F)c2F)cc1C. The number of rotatable bonds is 3. The molecule has 0 fully saturated rings. The minimum atomic E-state index is -4.78. The molecule has 0 spiro atoms. The number of aryl methyl sites for hydroxylation is 2. The molecule has 0 N–H and O–H groups in total. The van der Waals surface area contributed by atoms with Crippen molar-refractivity contribution in [3.8, 4) is 5.75 Å². The monoisotopic (exact) mass is 352 g/mol. The molecule has 0 amide bonds. The highest BCUT2D eigenvalue weighted by Crippen LogP contribution is 2.31. The molecule has 0 radical (unpaired) electrons. The maximum absolute atomic E-state index is 13.5. The molecule has 2 aromatic carbocycles. The fourth-order valence-corrected chi connectivity index (χ4v) is 2.70. The highest BCUT2D eigenvalue weighted by Gasteiger charge is 2.31. The Bertz CT molecular complexity index is 865. The Morgan fingerprint density at radius 1 is 0.783 bits per heavy atom. The van der Waals surface area contributed by atoms with Crippen molar-refractivity contribution in [2.24, 2.45) is 0 Å². The predicted molar refractivity (Wildman–Crippen MR) is 70.0 cm³/mol.